The number of carbonyl (C=O) groups excluding carboxylic acids is 5. The van der Waals surface area contributed by atoms with Crippen LogP contribution in [0.3, 0.4) is 0 Å². The molecule has 118 heavy (non-hydrogen) atoms. The molecule has 34 heteroatoms. The van der Waals surface area contributed by atoms with E-state index >= 15 is 0 Å². The average Bonchev–Trinajstić information content (AvgIpc) is 0.851. The van der Waals surface area contributed by atoms with Crippen molar-refractivity contribution in [3.8, 4) is 35.5 Å². The zero-order valence-electron chi connectivity index (χ0n) is 69.8. The van der Waals surface area contributed by atoms with Gasteiger partial charge in [0.05, 0.1) is 41.3 Å². The van der Waals surface area contributed by atoms with Crippen LogP contribution in [0.1, 0.15) is 183 Å². The summed E-state index contributed by atoms with van der Waals surface area (Å²) in [5.41, 5.74) is 2.93. The van der Waals surface area contributed by atoms with Gasteiger partial charge in [-0.05, 0) is 158 Å². The predicted octanol–water partition coefficient (Wildman–Crippen LogP) is 13.5. The van der Waals surface area contributed by atoms with Gasteiger partial charge in [-0.3, -0.25) is 24.1 Å². The number of nitrogens with zero attached hydrogens (tertiary/aromatic N) is 12. The predicted molar refractivity (Wildman–Crippen MR) is 474 cm³/mol. The Balaban J connectivity index is 0.000000310. The van der Waals surface area contributed by atoms with E-state index in [0.717, 1.165) is 104 Å². The smallest absolute Gasteiger partial charge is 0.410 e. The molecule has 9 rings (SSSR count). The van der Waals surface area contributed by atoms with Crippen LogP contribution in [0.25, 0.3) is 0 Å². The van der Waals surface area contributed by atoms with Gasteiger partial charge in [0, 0.05) is 136 Å². The van der Waals surface area contributed by atoms with Crippen LogP contribution >= 0.6 is 25.8 Å². The first-order chi connectivity index (χ1) is 56.0. The zero-order chi connectivity index (χ0) is 85.4. The number of hydrogen-bond donors (Lipinski definition) is 10. The van der Waals surface area contributed by atoms with Gasteiger partial charge in [0.1, 0.15) is 35.1 Å². The first-order valence-electron chi connectivity index (χ1n) is 39.8. The molecule has 6 heterocycles. The lowest BCUT2D eigenvalue weighted by Gasteiger charge is -2.31. The van der Waals surface area contributed by atoms with E-state index in [9.17, 15) is 37.1 Å². The maximum Gasteiger partial charge on any atom is 0.410 e. The summed E-state index contributed by atoms with van der Waals surface area (Å²) in [6.45, 7) is 19.7. The summed E-state index contributed by atoms with van der Waals surface area (Å²) in [7, 11) is 14.9. The van der Waals surface area contributed by atoms with Gasteiger partial charge >= 0.3 is 6.09 Å². The van der Waals surface area contributed by atoms with E-state index in [-0.39, 0.29) is 73.0 Å². The lowest BCUT2D eigenvalue weighted by atomic mass is 9.86. The third kappa shape index (κ3) is 35.7. The van der Waals surface area contributed by atoms with E-state index in [4.69, 9.17) is 4.74 Å². The maximum atomic E-state index is 13.5. The number of nitrogens with one attached hydrogen (secondary N) is 10. The second-order valence-corrected chi connectivity index (χ2v) is 34.2. The molecular formula is C84H122F3N22O6P3. The fourth-order valence-electron chi connectivity index (χ4n) is 12.1. The second-order valence-electron chi connectivity index (χ2n) is 29.9. The number of ether oxygens (including phenoxy) is 1. The Hall–Kier alpha value is -9.94. The highest BCUT2D eigenvalue weighted by Gasteiger charge is 2.32. The molecule has 0 saturated heterocycles. The number of carbonyl (C=O) groups is 5. The van der Waals surface area contributed by atoms with E-state index in [2.05, 4.69) is 172 Å². The molecule has 640 valence electrons. The van der Waals surface area contributed by atoms with Crippen LogP contribution in [0.15, 0.2) is 85.7 Å². The molecule has 6 aromatic rings. The average molecular weight is 1690 g/mol. The van der Waals surface area contributed by atoms with Gasteiger partial charge in [-0.15, -0.1) is 17.9 Å². The van der Waals surface area contributed by atoms with Crippen LogP contribution in [0, 0.1) is 71.1 Å². The van der Waals surface area contributed by atoms with Gasteiger partial charge in [-0.25, -0.2) is 34.7 Å². The second kappa shape index (κ2) is 52.1. The quantitative estimate of drug-likeness (QED) is 0.00991. The number of likely N-dealkylation sites (N-methyl/N-ethyl adjacent to an activating group) is 4. The molecule has 3 aliphatic carbocycles. The third-order valence-electron chi connectivity index (χ3n) is 18.7. The summed E-state index contributed by atoms with van der Waals surface area (Å²) in [4.78, 5) is 105. The fourth-order valence-corrected chi connectivity index (χ4v) is 12.1. The SMILES string of the molecule is C.CCCNc1nc(Nc2ccnc(F)c2)ncc1C#C[C@@H]1CCC[C@H](NC(=O)[C@H](C)N(C)C(=O)/C=C/CN(C)C)C1.CCCNc1nc(Nc2ccnc(F)c2)ncc1C#C[C@@H]1CCC[C@H](NC(=O)[C@H](C)N(C)C(=O)OC(C)(C)C)C1.CCCNc1nc(Nc2ccnc(F)c2)ncc1C#C[C@@H]1CCC[C@H](NC(=O)[C@H](C)NC)C1.PPP. The molecule has 0 aromatic carbocycles. The number of anilines is 9. The van der Waals surface area contributed by atoms with Crippen molar-refractivity contribution in [2.45, 2.75) is 208 Å². The van der Waals surface area contributed by atoms with E-state index in [0.29, 0.717) is 95.1 Å². The molecule has 0 bridgehead atoms. The Morgan fingerprint density at radius 1 is 0.551 bits per heavy atom. The first-order valence-corrected chi connectivity index (χ1v) is 44.4. The van der Waals surface area contributed by atoms with E-state index in [1.54, 1.807) is 98.6 Å². The standard InChI is InChI=1S/C30H41FN8O2.C29H40FN7O3.C24H32FN7O.CH4.H5P3/c1-6-15-33-28-23(20-34-30(37-28)36-25-14-16-32-26(31)19-25)13-12-22-9-7-10-24(18-22)35-29(41)21(2)39(5)27(40)11-8-17-38(3)4;1-7-14-32-25-21(18-33-27(36-25)35-23-13-15-31-24(30)17-23)12-11-20-9-8-10-22(16-20)34-26(38)19(2)37(6)28(39)40-29(3,4)5;1-4-11-28-22-18(15-29-24(32-22)31-20-10-12-27-21(25)14-20)9-8-17-6-5-7-19(13-17)30-23(33)16(2)26-3;;1-3-2/h8,11,14,16,19-22,24H,6-7,9-10,15,17-18H2,1-5H3,(H,35,41)(H2,32,33,34,36,37);13,15,17-20,22H,7-10,14,16H2,1-6H3,(H,34,38)(H2,31,32,33,35,36);10,12,14-17,19,26H,4-7,11,13H2,1-3H3,(H,30,33)(H2,27,28,29,31,32);1H4;3H,1-2H2/b11-8+;;;;/t21-,22-,24-;19-,20-,22-;16-,17-,19-;;/m000../s1. The Kier molecular flexibility index (Phi) is 43.5. The molecule has 10 N–H and O–H groups in total. The normalized spacial score (nSPS) is 17.4. The molecule has 11 atom stereocenters. The molecule has 0 radical (unpaired) electrons. The first kappa shape index (κ1) is 98.6. The molecule has 3 aliphatic rings. The van der Waals surface area contributed by atoms with Crippen molar-refractivity contribution in [1.29, 1.82) is 0 Å². The maximum absolute atomic E-state index is 13.5. The minimum atomic E-state index is -0.665. The summed E-state index contributed by atoms with van der Waals surface area (Å²) in [5, 5.41) is 31.2. The van der Waals surface area contributed by atoms with Gasteiger partial charge in [0.15, 0.2) is 0 Å². The van der Waals surface area contributed by atoms with Gasteiger partial charge in [-0.2, -0.15) is 28.1 Å². The summed E-state index contributed by atoms with van der Waals surface area (Å²) in [5.74, 6) is 20.7. The highest BCUT2D eigenvalue weighted by Crippen LogP contribution is 2.30. The molecule has 2 unspecified atom stereocenters. The monoisotopic (exact) mass is 1680 g/mol. The van der Waals surface area contributed by atoms with Gasteiger partial charge in [0.25, 0.3) is 0 Å². The minimum Gasteiger partial charge on any atom is -0.444 e. The van der Waals surface area contributed by atoms with Crippen LogP contribution in [0.4, 0.5) is 70.3 Å². The van der Waals surface area contributed by atoms with Crippen molar-refractivity contribution < 1.29 is 41.9 Å². The Labute approximate surface area is 701 Å². The van der Waals surface area contributed by atoms with Crippen molar-refractivity contribution in [3.63, 3.8) is 0 Å². The van der Waals surface area contributed by atoms with E-state index in [1.165, 1.54) is 52.7 Å². The van der Waals surface area contributed by atoms with Gasteiger partial charge in [0.2, 0.25) is 59.3 Å². The highest BCUT2D eigenvalue weighted by atomic mass is 32.4. The Morgan fingerprint density at radius 3 is 1.20 bits per heavy atom. The molecular weight excluding hydrogens is 1560 g/mol. The largest absolute Gasteiger partial charge is 0.444 e. The van der Waals surface area contributed by atoms with Crippen molar-refractivity contribution in [3.05, 3.63) is 120 Å². The van der Waals surface area contributed by atoms with Crippen molar-refractivity contribution in [2.75, 3.05) is 93.3 Å². The summed E-state index contributed by atoms with van der Waals surface area (Å²) < 4.78 is 45.7. The number of aromatic nitrogens is 9. The molecule has 3 saturated carbocycles. The molecule has 6 aromatic heterocycles. The lowest BCUT2D eigenvalue weighted by molar-refractivity contribution is -0.135. The van der Waals surface area contributed by atoms with Crippen LogP contribution < -0.4 is 53.2 Å². The molecule has 0 aliphatic heterocycles. The number of hydrogen-bond acceptors (Lipinski definition) is 23. The van der Waals surface area contributed by atoms with Crippen LogP contribution in [-0.4, -0.2) is 193 Å². The summed E-state index contributed by atoms with van der Waals surface area (Å²) >= 11 is 0. The van der Waals surface area contributed by atoms with Gasteiger partial charge < -0.3 is 67.7 Å². The number of halogens is 3. The molecule has 0 spiro atoms. The highest BCUT2D eigenvalue weighted by molar-refractivity contribution is 8.33. The minimum absolute atomic E-state index is 0. The molecule has 5 amide bonds. The van der Waals surface area contributed by atoms with Crippen molar-refractivity contribution in [1.82, 2.24) is 80.8 Å². The lowest BCUT2D eigenvalue weighted by Crippen LogP contribution is -2.50. The Bertz CT molecular complexity index is 4420. The molecule has 3 fully saturated rings. The summed E-state index contributed by atoms with van der Waals surface area (Å²) in [6, 6.07) is 7.38. The number of amides is 5. The van der Waals surface area contributed by atoms with Gasteiger partial charge in [-0.1, -0.05) is 97.0 Å². The summed E-state index contributed by atoms with van der Waals surface area (Å²) in [6.07, 6.45) is 25.4. The topological polar surface area (TPSA) is 341 Å². The molecule has 28 nitrogen and oxygen atoms in total. The van der Waals surface area contributed by atoms with Crippen LogP contribution in [0.5, 0.6) is 0 Å². The number of pyridine rings is 3. The fraction of sp³-hybridized carbons (Fsp3) is 0.524. The Morgan fingerprint density at radius 2 is 0.890 bits per heavy atom. The van der Waals surface area contributed by atoms with Crippen molar-refractivity contribution >= 4 is 108 Å². The van der Waals surface area contributed by atoms with E-state index in [1.807, 2.05) is 25.9 Å². The zero-order valence-corrected chi connectivity index (χ0v) is 73.1. The number of rotatable bonds is 27. The van der Waals surface area contributed by atoms with Crippen LogP contribution in [-0.2, 0) is 23.9 Å². The van der Waals surface area contributed by atoms with E-state index < -0.39 is 41.6 Å². The van der Waals surface area contributed by atoms with Crippen molar-refractivity contribution in [2.24, 2.45) is 17.8 Å². The third-order valence-corrected chi connectivity index (χ3v) is 18.7. The van der Waals surface area contributed by atoms with Crippen LogP contribution in [0.2, 0.25) is 0 Å².